The van der Waals surface area contributed by atoms with E-state index in [9.17, 15) is 0 Å². The molecule has 0 aromatic carbocycles. The Bertz CT molecular complexity index is 241. The van der Waals surface area contributed by atoms with E-state index < -0.39 is 0 Å². The molecule has 0 saturated carbocycles. The van der Waals surface area contributed by atoms with Crippen LogP contribution in [-0.4, -0.2) is 16.7 Å². The molecule has 2 heteroatoms. The van der Waals surface area contributed by atoms with Gasteiger partial charge in [-0.15, -0.1) is 0 Å². The van der Waals surface area contributed by atoms with E-state index in [0.717, 1.165) is 11.1 Å². The molecule has 0 saturated heterocycles. The van der Waals surface area contributed by atoms with E-state index in [1.165, 1.54) is 0 Å². The number of rotatable bonds is 2. The lowest BCUT2D eigenvalue weighted by atomic mass is 10.1. The van der Waals surface area contributed by atoms with Crippen molar-refractivity contribution >= 4 is 5.57 Å². The minimum absolute atomic E-state index is 0.0841. The summed E-state index contributed by atoms with van der Waals surface area (Å²) in [6, 6.07) is 3.85. The third-order valence-electron chi connectivity index (χ3n) is 1.51. The molecule has 0 fully saturated rings. The largest absolute Gasteiger partial charge is 0.392 e. The van der Waals surface area contributed by atoms with E-state index in [1.807, 2.05) is 19.1 Å². The van der Waals surface area contributed by atoms with Crippen LogP contribution in [0.2, 0.25) is 0 Å². The number of hydrogen-bond donors (Lipinski definition) is 1. The first kappa shape index (κ1) is 7.95. The first-order valence-electron chi connectivity index (χ1n) is 3.52. The van der Waals surface area contributed by atoms with Crippen molar-refractivity contribution in [3.63, 3.8) is 0 Å². The standard InChI is InChI=1S/C9H11NO/c1-8(4-6-11)9-3-2-5-10-7-9/h2-5,7,11H,6H2,1H3. The average molecular weight is 149 g/mol. The quantitative estimate of drug-likeness (QED) is 0.690. The molecule has 1 rings (SSSR count). The molecule has 58 valence electrons. The molecule has 1 N–H and O–H groups in total. The van der Waals surface area contributed by atoms with E-state index in [4.69, 9.17) is 5.11 Å². The average Bonchev–Trinajstić information content (AvgIpc) is 2.07. The van der Waals surface area contributed by atoms with Crippen LogP contribution in [-0.2, 0) is 0 Å². The van der Waals surface area contributed by atoms with Crippen molar-refractivity contribution < 1.29 is 5.11 Å². The molecular formula is C9H11NO. The number of aliphatic hydroxyl groups is 1. The monoisotopic (exact) mass is 149 g/mol. The predicted octanol–water partition coefficient (Wildman–Crippen LogP) is 1.48. The first-order valence-corrected chi connectivity index (χ1v) is 3.52. The van der Waals surface area contributed by atoms with E-state index >= 15 is 0 Å². The van der Waals surface area contributed by atoms with Gasteiger partial charge in [-0.25, -0.2) is 0 Å². The van der Waals surface area contributed by atoms with E-state index in [1.54, 1.807) is 18.5 Å². The van der Waals surface area contributed by atoms with Gasteiger partial charge in [0.15, 0.2) is 0 Å². The minimum Gasteiger partial charge on any atom is -0.392 e. The van der Waals surface area contributed by atoms with Gasteiger partial charge < -0.3 is 5.11 Å². The molecule has 0 bridgehead atoms. The highest BCUT2D eigenvalue weighted by Crippen LogP contribution is 2.09. The Morgan fingerprint density at radius 3 is 3.09 bits per heavy atom. The van der Waals surface area contributed by atoms with Gasteiger partial charge in [0.25, 0.3) is 0 Å². The Labute approximate surface area is 66.2 Å². The molecule has 0 unspecified atom stereocenters. The lowest BCUT2D eigenvalue weighted by molar-refractivity contribution is 0.343. The number of allylic oxidation sites excluding steroid dienone is 1. The zero-order valence-electron chi connectivity index (χ0n) is 6.49. The number of pyridine rings is 1. The fourth-order valence-corrected chi connectivity index (χ4v) is 0.851. The van der Waals surface area contributed by atoms with Gasteiger partial charge >= 0.3 is 0 Å². The van der Waals surface area contributed by atoms with Crippen molar-refractivity contribution in [1.29, 1.82) is 0 Å². The van der Waals surface area contributed by atoms with Crippen LogP contribution < -0.4 is 0 Å². The van der Waals surface area contributed by atoms with Crippen LogP contribution in [0, 0.1) is 0 Å². The Kier molecular flexibility index (Phi) is 2.81. The van der Waals surface area contributed by atoms with Crippen molar-refractivity contribution in [2.75, 3.05) is 6.61 Å². The van der Waals surface area contributed by atoms with Gasteiger partial charge in [0.05, 0.1) is 6.61 Å². The molecule has 0 aliphatic rings. The highest BCUT2D eigenvalue weighted by Gasteiger charge is 1.91. The lowest BCUT2D eigenvalue weighted by Crippen LogP contribution is -1.82. The minimum atomic E-state index is 0.0841. The molecule has 11 heavy (non-hydrogen) atoms. The summed E-state index contributed by atoms with van der Waals surface area (Å²) in [5.41, 5.74) is 2.11. The van der Waals surface area contributed by atoms with Gasteiger partial charge in [-0.3, -0.25) is 4.98 Å². The maximum atomic E-state index is 8.60. The maximum Gasteiger partial charge on any atom is 0.0618 e. The van der Waals surface area contributed by atoms with E-state index in [2.05, 4.69) is 4.98 Å². The summed E-state index contributed by atoms with van der Waals surface area (Å²) < 4.78 is 0. The van der Waals surface area contributed by atoms with Crippen LogP contribution >= 0.6 is 0 Å². The molecule has 0 amide bonds. The van der Waals surface area contributed by atoms with E-state index in [-0.39, 0.29) is 6.61 Å². The SMILES string of the molecule is CC(=CCO)c1cccnc1. The molecule has 1 heterocycles. The summed E-state index contributed by atoms with van der Waals surface area (Å²) in [5, 5.41) is 8.60. The van der Waals surface area contributed by atoms with Crippen molar-refractivity contribution in [1.82, 2.24) is 4.98 Å². The molecule has 2 nitrogen and oxygen atoms in total. The van der Waals surface area contributed by atoms with Crippen molar-refractivity contribution in [2.24, 2.45) is 0 Å². The van der Waals surface area contributed by atoms with Crippen LogP contribution in [0.3, 0.4) is 0 Å². The first-order chi connectivity index (χ1) is 5.34. The van der Waals surface area contributed by atoms with E-state index in [0.29, 0.717) is 0 Å². The smallest absolute Gasteiger partial charge is 0.0618 e. The normalized spacial score (nSPS) is 11.6. The summed E-state index contributed by atoms with van der Waals surface area (Å²) in [4.78, 5) is 3.97. The zero-order valence-corrected chi connectivity index (χ0v) is 6.49. The Morgan fingerprint density at radius 1 is 1.73 bits per heavy atom. The van der Waals surface area contributed by atoms with Gasteiger partial charge in [0.2, 0.25) is 0 Å². The fourth-order valence-electron chi connectivity index (χ4n) is 0.851. The van der Waals surface area contributed by atoms with Crippen molar-refractivity contribution in [2.45, 2.75) is 6.92 Å². The maximum absolute atomic E-state index is 8.60. The van der Waals surface area contributed by atoms with Gasteiger partial charge in [0.1, 0.15) is 0 Å². The Hall–Kier alpha value is -1.15. The highest BCUT2D eigenvalue weighted by molar-refractivity contribution is 5.62. The number of aromatic nitrogens is 1. The fraction of sp³-hybridized carbons (Fsp3) is 0.222. The number of aliphatic hydroxyl groups excluding tert-OH is 1. The molecule has 1 aromatic rings. The summed E-state index contributed by atoms with van der Waals surface area (Å²) in [7, 11) is 0. The van der Waals surface area contributed by atoms with Gasteiger partial charge in [-0.2, -0.15) is 0 Å². The van der Waals surface area contributed by atoms with Gasteiger partial charge in [-0.05, 0) is 24.1 Å². The van der Waals surface area contributed by atoms with Crippen LogP contribution in [0.5, 0.6) is 0 Å². The molecule has 0 aliphatic heterocycles. The number of nitrogens with zero attached hydrogens (tertiary/aromatic N) is 1. The Morgan fingerprint density at radius 2 is 2.55 bits per heavy atom. The van der Waals surface area contributed by atoms with Crippen molar-refractivity contribution in [3.05, 3.63) is 36.2 Å². The summed E-state index contributed by atoms with van der Waals surface area (Å²) in [6.07, 6.45) is 5.27. The van der Waals surface area contributed by atoms with Crippen molar-refractivity contribution in [3.8, 4) is 0 Å². The summed E-state index contributed by atoms with van der Waals surface area (Å²) in [5.74, 6) is 0. The third kappa shape index (κ3) is 2.16. The topological polar surface area (TPSA) is 33.1 Å². The second-order valence-electron chi connectivity index (χ2n) is 2.31. The Balaban J connectivity index is 2.85. The number of hydrogen-bond acceptors (Lipinski definition) is 2. The second-order valence-corrected chi connectivity index (χ2v) is 2.31. The highest BCUT2D eigenvalue weighted by atomic mass is 16.2. The van der Waals surface area contributed by atoms with Crippen LogP contribution in [0.1, 0.15) is 12.5 Å². The summed E-state index contributed by atoms with van der Waals surface area (Å²) >= 11 is 0. The summed E-state index contributed by atoms with van der Waals surface area (Å²) in [6.45, 7) is 2.04. The molecule has 0 atom stereocenters. The van der Waals surface area contributed by atoms with Crippen LogP contribution in [0.15, 0.2) is 30.6 Å². The van der Waals surface area contributed by atoms with Gasteiger partial charge in [0, 0.05) is 12.4 Å². The third-order valence-corrected chi connectivity index (χ3v) is 1.51. The molecule has 1 aromatic heterocycles. The van der Waals surface area contributed by atoms with Gasteiger partial charge in [-0.1, -0.05) is 12.1 Å². The zero-order chi connectivity index (χ0) is 8.10. The molecular weight excluding hydrogens is 138 g/mol. The van der Waals surface area contributed by atoms with Crippen LogP contribution in [0.25, 0.3) is 5.57 Å². The second kappa shape index (κ2) is 3.88. The molecule has 0 radical (unpaired) electrons. The molecule has 0 aliphatic carbocycles. The van der Waals surface area contributed by atoms with Crippen LogP contribution in [0.4, 0.5) is 0 Å². The predicted molar refractivity (Wildman–Crippen MR) is 45.0 cm³/mol. The lowest BCUT2D eigenvalue weighted by Gasteiger charge is -1.97. The molecule has 0 spiro atoms.